The van der Waals surface area contributed by atoms with Crippen LogP contribution in [-0.2, 0) is 28.2 Å². The number of unbranched alkanes of at least 4 members (excludes halogenated alkanes) is 21. The third-order valence-electron chi connectivity index (χ3n) is 9.49. The molecule has 0 aliphatic heterocycles. The largest absolute Gasteiger partial charge is 0.469 e. The highest BCUT2D eigenvalue weighted by Gasteiger charge is 2.22. The Hall–Kier alpha value is -2.25. The molecule has 1 atom stereocenters. The molecule has 0 aromatic carbocycles. The standard InChI is InChI=1S/C47H83O8P/c1-3-5-7-9-11-13-15-17-19-21-22-23-24-26-28-30-32-34-36-38-40-42-47(49)55-45(44-54-56(50,51)52)43-53-46(48)41-39-37-35-33-31-29-27-25-20-18-16-14-12-10-8-6-4-2/h8,10,14,16-17,19-20,25,29,31,45H,3-7,9,11-13,15,18,21-24,26-28,30,32-44H2,1-2H3,(H2,50,51,52)/b10-8+,16-14+,19-17+,25-20+,31-29+/t45-/m1/s1. The number of hydrogen-bond donors (Lipinski definition) is 2. The van der Waals surface area contributed by atoms with Crippen molar-refractivity contribution in [3.63, 3.8) is 0 Å². The number of phosphoric acid groups is 1. The van der Waals surface area contributed by atoms with Crippen molar-refractivity contribution in [2.75, 3.05) is 13.2 Å². The van der Waals surface area contributed by atoms with Crippen molar-refractivity contribution < 1.29 is 37.9 Å². The number of esters is 2. The maximum atomic E-state index is 12.4. The fourth-order valence-corrected chi connectivity index (χ4v) is 6.48. The van der Waals surface area contributed by atoms with E-state index in [0.717, 1.165) is 64.2 Å². The molecule has 0 amide bonds. The van der Waals surface area contributed by atoms with Crippen LogP contribution in [0, 0.1) is 0 Å². The van der Waals surface area contributed by atoms with Gasteiger partial charge in [0.1, 0.15) is 6.61 Å². The van der Waals surface area contributed by atoms with Gasteiger partial charge in [-0.05, 0) is 77.0 Å². The smallest absolute Gasteiger partial charge is 0.462 e. The van der Waals surface area contributed by atoms with Crippen molar-refractivity contribution in [3.8, 4) is 0 Å². The summed E-state index contributed by atoms with van der Waals surface area (Å²) in [7, 11) is -4.77. The zero-order valence-corrected chi connectivity index (χ0v) is 36.7. The number of hydrogen-bond acceptors (Lipinski definition) is 6. The highest BCUT2D eigenvalue weighted by atomic mass is 31.2. The third-order valence-corrected chi connectivity index (χ3v) is 9.98. The first-order valence-electron chi connectivity index (χ1n) is 22.6. The lowest BCUT2D eigenvalue weighted by Gasteiger charge is -2.18. The normalized spacial score (nSPS) is 13.0. The van der Waals surface area contributed by atoms with Crippen molar-refractivity contribution in [2.45, 2.75) is 213 Å². The molecule has 8 nitrogen and oxygen atoms in total. The van der Waals surface area contributed by atoms with E-state index in [0.29, 0.717) is 12.8 Å². The maximum absolute atomic E-state index is 12.4. The van der Waals surface area contributed by atoms with Gasteiger partial charge in [0.2, 0.25) is 0 Å². The number of carbonyl (C=O) groups is 2. The van der Waals surface area contributed by atoms with Gasteiger partial charge in [0.25, 0.3) is 0 Å². The summed E-state index contributed by atoms with van der Waals surface area (Å²) in [5.41, 5.74) is 0. The minimum atomic E-state index is -4.77. The second-order valence-electron chi connectivity index (χ2n) is 15.0. The Morgan fingerprint density at radius 2 is 0.839 bits per heavy atom. The minimum absolute atomic E-state index is 0.202. The summed E-state index contributed by atoms with van der Waals surface area (Å²) < 4.78 is 26.4. The highest BCUT2D eigenvalue weighted by molar-refractivity contribution is 7.46. The van der Waals surface area contributed by atoms with Gasteiger partial charge in [0.15, 0.2) is 6.10 Å². The van der Waals surface area contributed by atoms with Gasteiger partial charge < -0.3 is 19.3 Å². The minimum Gasteiger partial charge on any atom is -0.462 e. The molecule has 0 bridgehead atoms. The summed E-state index contributed by atoms with van der Waals surface area (Å²) in [5, 5.41) is 0. The summed E-state index contributed by atoms with van der Waals surface area (Å²) in [6.07, 6.45) is 53.7. The van der Waals surface area contributed by atoms with Crippen molar-refractivity contribution in [3.05, 3.63) is 60.8 Å². The Morgan fingerprint density at radius 1 is 0.464 bits per heavy atom. The quantitative estimate of drug-likeness (QED) is 0.0271. The number of phosphoric ester groups is 1. The lowest BCUT2D eigenvalue weighted by Crippen LogP contribution is -2.29. The maximum Gasteiger partial charge on any atom is 0.469 e. The van der Waals surface area contributed by atoms with Crippen LogP contribution in [0.5, 0.6) is 0 Å². The van der Waals surface area contributed by atoms with E-state index in [1.165, 1.54) is 103 Å². The van der Waals surface area contributed by atoms with E-state index in [1.54, 1.807) is 0 Å². The molecule has 0 heterocycles. The fourth-order valence-electron chi connectivity index (χ4n) is 6.12. The Morgan fingerprint density at radius 3 is 1.30 bits per heavy atom. The molecular weight excluding hydrogens is 723 g/mol. The number of rotatable bonds is 41. The summed E-state index contributed by atoms with van der Waals surface area (Å²) >= 11 is 0. The van der Waals surface area contributed by atoms with Gasteiger partial charge in [-0.3, -0.25) is 14.1 Å². The van der Waals surface area contributed by atoms with Crippen LogP contribution in [-0.4, -0.2) is 41.0 Å². The molecule has 0 fully saturated rings. The second-order valence-corrected chi connectivity index (χ2v) is 16.3. The lowest BCUT2D eigenvalue weighted by molar-refractivity contribution is -0.161. The average molecular weight is 807 g/mol. The molecule has 0 unspecified atom stereocenters. The summed E-state index contributed by atoms with van der Waals surface area (Å²) in [4.78, 5) is 42.9. The van der Waals surface area contributed by atoms with Crippen LogP contribution in [0.4, 0.5) is 0 Å². The van der Waals surface area contributed by atoms with Gasteiger partial charge in [0.05, 0.1) is 6.61 Å². The predicted molar refractivity (Wildman–Crippen MR) is 234 cm³/mol. The first-order chi connectivity index (χ1) is 27.3. The van der Waals surface area contributed by atoms with Gasteiger partial charge in [-0.1, -0.05) is 177 Å². The zero-order valence-electron chi connectivity index (χ0n) is 35.8. The Balaban J connectivity index is 3.92. The van der Waals surface area contributed by atoms with E-state index in [1.807, 2.05) is 0 Å². The van der Waals surface area contributed by atoms with E-state index in [2.05, 4.69) is 79.1 Å². The van der Waals surface area contributed by atoms with Crippen molar-refractivity contribution in [2.24, 2.45) is 0 Å². The van der Waals surface area contributed by atoms with Gasteiger partial charge in [-0.2, -0.15) is 0 Å². The van der Waals surface area contributed by atoms with E-state index < -0.39 is 32.5 Å². The third kappa shape index (κ3) is 44.5. The molecule has 0 aromatic heterocycles. The number of allylic oxidation sites excluding steroid dienone is 10. The second kappa shape index (κ2) is 42.4. The van der Waals surface area contributed by atoms with Gasteiger partial charge in [0, 0.05) is 12.8 Å². The van der Waals surface area contributed by atoms with Crippen LogP contribution in [0.2, 0.25) is 0 Å². The Kier molecular flexibility index (Phi) is 40.7. The summed E-state index contributed by atoms with van der Waals surface area (Å²) in [5.74, 6) is -0.921. The van der Waals surface area contributed by atoms with Crippen LogP contribution in [0.1, 0.15) is 206 Å². The Bertz CT molecular complexity index is 1090. The molecule has 0 aliphatic carbocycles. The topological polar surface area (TPSA) is 119 Å². The van der Waals surface area contributed by atoms with Crippen molar-refractivity contribution in [1.29, 1.82) is 0 Å². The van der Waals surface area contributed by atoms with Crippen molar-refractivity contribution in [1.82, 2.24) is 0 Å². The predicted octanol–water partition coefficient (Wildman–Crippen LogP) is 14.1. The molecule has 0 rings (SSSR count). The van der Waals surface area contributed by atoms with E-state index >= 15 is 0 Å². The molecule has 324 valence electrons. The molecule has 0 aliphatic rings. The molecule has 0 aromatic rings. The monoisotopic (exact) mass is 807 g/mol. The van der Waals surface area contributed by atoms with E-state index in [4.69, 9.17) is 19.3 Å². The van der Waals surface area contributed by atoms with Crippen LogP contribution in [0.15, 0.2) is 60.8 Å². The van der Waals surface area contributed by atoms with Crippen LogP contribution in [0.3, 0.4) is 0 Å². The van der Waals surface area contributed by atoms with Gasteiger partial charge in [-0.15, -0.1) is 0 Å². The van der Waals surface area contributed by atoms with Crippen LogP contribution < -0.4 is 0 Å². The van der Waals surface area contributed by atoms with Gasteiger partial charge in [-0.25, -0.2) is 4.57 Å². The molecule has 2 N–H and O–H groups in total. The summed E-state index contributed by atoms with van der Waals surface area (Å²) in [6.45, 7) is 3.60. The fraction of sp³-hybridized carbons (Fsp3) is 0.745. The molecular formula is C47H83O8P. The van der Waals surface area contributed by atoms with Gasteiger partial charge >= 0.3 is 19.8 Å². The zero-order chi connectivity index (χ0) is 41.1. The molecule has 56 heavy (non-hydrogen) atoms. The average Bonchev–Trinajstić information content (AvgIpc) is 3.17. The summed E-state index contributed by atoms with van der Waals surface area (Å²) in [6, 6.07) is 0. The molecule has 0 saturated carbocycles. The van der Waals surface area contributed by atoms with Crippen molar-refractivity contribution >= 4 is 19.8 Å². The first-order valence-corrected chi connectivity index (χ1v) is 24.1. The molecule has 0 spiro atoms. The molecule has 0 saturated heterocycles. The Labute approximate surface area is 343 Å². The van der Waals surface area contributed by atoms with E-state index in [-0.39, 0.29) is 19.4 Å². The number of ether oxygens (including phenoxy) is 2. The lowest BCUT2D eigenvalue weighted by atomic mass is 10.0. The first kappa shape index (κ1) is 53.8. The molecule has 9 heteroatoms. The van der Waals surface area contributed by atoms with Crippen LogP contribution >= 0.6 is 7.82 Å². The number of carbonyl (C=O) groups excluding carboxylic acids is 2. The SMILES string of the molecule is CCC/C=C/C/C=C/C/C=C/C/C=C/CCCCCC(=O)OC[C@H](COP(=O)(O)O)OC(=O)CCCCCCCCCCCCC/C=C/CCCCCCCC. The molecule has 0 radical (unpaired) electrons. The van der Waals surface area contributed by atoms with E-state index in [9.17, 15) is 14.2 Å². The van der Waals surface area contributed by atoms with Crippen LogP contribution in [0.25, 0.3) is 0 Å². The highest BCUT2D eigenvalue weighted by Crippen LogP contribution is 2.36.